The van der Waals surface area contributed by atoms with Gasteiger partial charge in [0.1, 0.15) is 0 Å². The van der Waals surface area contributed by atoms with Crippen LogP contribution in [0.2, 0.25) is 0 Å². The average Bonchev–Trinajstić information content (AvgIpc) is 2.66. The van der Waals surface area contributed by atoms with E-state index in [4.69, 9.17) is 19.2 Å². The second-order valence-corrected chi connectivity index (χ2v) is 5.91. The Morgan fingerprint density at radius 2 is 1.96 bits per heavy atom. The standard InChI is InChI=1S/C18H30N4O3/c1-5-19-18(20-13-14(2)22-8-10-25-11-9-22)21-15-6-7-16(23-3)17(12-15)24-4/h6-7,12,14H,5,8-11,13H2,1-4H3,(H2,19,20,21). The minimum absolute atomic E-state index is 0.379. The quantitative estimate of drug-likeness (QED) is 0.577. The van der Waals surface area contributed by atoms with Gasteiger partial charge in [-0.1, -0.05) is 0 Å². The highest BCUT2D eigenvalue weighted by Crippen LogP contribution is 2.29. The van der Waals surface area contributed by atoms with Crippen molar-refractivity contribution >= 4 is 11.6 Å². The Morgan fingerprint density at radius 1 is 1.24 bits per heavy atom. The number of aliphatic imine (C=N–C) groups is 1. The summed E-state index contributed by atoms with van der Waals surface area (Å²) in [6, 6.07) is 6.10. The van der Waals surface area contributed by atoms with Gasteiger partial charge in [0, 0.05) is 37.4 Å². The Bertz CT molecular complexity index is 559. The fraction of sp³-hybridized carbons (Fsp3) is 0.611. The molecule has 140 valence electrons. The molecule has 0 radical (unpaired) electrons. The molecule has 7 nitrogen and oxygen atoms in total. The van der Waals surface area contributed by atoms with Gasteiger partial charge < -0.3 is 24.8 Å². The summed E-state index contributed by atoms with van der Waals surface area (Å²) in [5.74, 6) is 2.15. The van der Waals surface area contributed by atoms with Crippen LogP contribution < -0.4 is 20.1 Å². The van der Waals surface area contributed by atoms with E-state index in [1.165, 1.54) is 0 Å². The van der Waals surface area contributed by atoms with Crippen molar-refractivity contribution in [2.75, 3.05) is 58.9 Å². The number of anilines is 1. The van der Waals surface area contributed by atoms with E-state index in [0.717, 1.165) is 51.0 Å². The monoisotopic (exact) mass is 350 g/mol. The summed E-state index contributed by atoms with van der Waals surface area (Å²) in [5, 5.41) is 6.60. The van der Waals surface area contributed by atoms with Crippen LogP contribution in [0.4, 0.5) is 5.69 Å². The van der Waals surface area contributed by atoms with E-state index in [0.29, 0.717) is 17.5 Å². The van der Waals surface area contributed by atoms with Crippen molar-refractivity contribution in [3.8, 4) is 11.5 Å². The highest BCUT2D eigenvalue weighted by atomic mass is 16.5. The molecule has 0 spiro atoms. The van der Waals surface area contributed by atoms with Gasteiger partial charge in [-0.05, 0) is 26.0 Å². The van der Waals surface area contributed by atoms with Gasteiger partial charge in [0.2, 0.25) is 0 Å². The lowest BCUT2D eigenvalue weighted by Crippen LogP contribution is -2.44. The van der Waals surface area contributed by atoms with E-state index in [-0.39, 0.29) is 0 Å². The third-order valence-electron chi connectivity index (χ3n) is 4.17. The molecule has 1 aromatic carbocycles. The molecular formula is C18H30N4O3. The Kier molecular flexibility index (Phi) is 7.81. The summed E-state index contributed by atoms with van der Waals surface area (Å²) in [5.41, 5.74) is 0.899. The van der Waals surface area contributed by atoms with Gasteiger partial charge in [0.25, 0.3) is 0 Å². The number of hydrogen-bond donors (Lipinski definition) is 2. The lowest BCUT2D eigenvalue weighted by Gasteiger charge is -2.31. The third kappa shape index (κ3) is 5.79. The van der Waals surface area contributed by atoms with Gasteiger partial charge in [0.15, 0.2) is 17.5 Å². The zero-order valence-corrected chi connectivity index (χ0v) is 15.7. The molecule has 25 heavy (non-hydrogen) atoms. The summed E-state index contributed by atoms with van der Waals surface area (Å²) in [7, 11) is 3.26. The van der Waals surface area contributed by atoms with E-state index in [1.54, 1.807) is 14.2 Å². The summed E-state index contributed by atoms with van der Waals surface area (Å²) < 4.78 is 16.0. The third-order valence-corrected chi connectivity index (χ3v) is 4.17. The smallest absolute Gasteiger partial charge is 0.195 e. The van der Waals surface area contributed by atoms with Crippen molar-refractivity contribution < 1.29 is 14.2 Å². The van der Waals surface area contributed by atoms with Gasteiger partial charge in [-0.25, -0.2) is 0 Å². The van der Waals surface area contributed by atoms with Crippen molar-refractivity contribution in [3.05, 3.63) is 18.2 Å². The predicted molar refractivity (Wildman–Crippen MR) is 101 cm³/mol. The molecule has 0 amide bonds. The second-order valence-electron chi connectivity index (χ2n) is 5.91. The number of methoxy groups -OCH3 is 2. The molecule has 2 N–H and O–H groups in total. The molecule has 2 rings (SSSR count). The SMILES string of the molecule is CCNC(=NCC(C)N1CCOCC1)Nc1ccc(OC)c(OC)c1. The van der Waals surface area contributed by atoms with Crippen LogP contribution in [-0.4, -0.2) is 70.5 Å². The zero-order valence-electron chi connectivity index (χ0n) is 15.7. The second kappa shape index (κ2) is 10.1. The van der Waals surface area contributed by atoms with Crippen LogP contribution in [0, 0.1) is 0 Å². The molecule has 1 atom stereocenters. The molecule has 7 heteroatoms. The minimum atomic E-state index is 0.379. The lowest BCUT2D eigenvalue weighted by molar-refractivity contribution is 0.0220. The molecule has 0 bridgehead atoms. The number of nitrogens with one attached hydrogen (secondary N) is 2. The lowest BCUT2D eigenvalue weighted by atomic mass is 10.2. The van der Waals surface area contributed by atoms with E-state index in [9.17, 15) is 0 Å². The molecule has 0 saturated carbocycles. The normalized spacial score (nSPS) is 17.0. The van der Waals surface area contributed by atoms with Crippen LogP contribution in [0.25, 0.3) is 0 Å². The fourth-order valence-corrected chi connectivity index (χ4v) is 2.71. The van der Waals surface area contributed by atoms with Gasteiger partial charge in [-0.3, -0.25) is 9.89 Å². The first-order valence-corrected chi connectivity index (χ1v) is 8.77. The van der Waals surface area contributed by atoms with E-state index < -0.39 is 0 Å². The number of morpholine rings is 1. The predicted octanol–water partition coefficient (Wildman–Crippen LogP) is 1.80. The molecule has 1 fully saturated rings. The largest absolute Gasteiger partial charge is 0.493 e. The Labute approximate surface area is 150 Å². The number of benzene rings is 1. The Balaban J connectivity index is 2.01. The molecule has 1 heterocycles. The van der Waals surface area contributed by atoms with Crippen molar-refractivity contribution in [1.29, 1.82) is 0 Å². The molecule has 1 unspecified atom stereocenters. The summed E-state index contributed by atoms with van der Waals surface area (Å²) in [6.07, 6.45) is 0. The maximum Gasteiger partial charge on any atom is 0.195 e. The fourth-order valence-electron chi connectivity index (χ4n) is 2.71. The molecule has 0 aliphatic carbocycles. The highest BCUT2D eigenvalue weighted by Gasteiger charge is 2.16. The van der Waals surface area contributed by atoms with Gasteiger partial charge >= 0.3 is 0 Å². The summed E-state index contributed by atoms with van der Waals surface area (Å²) in [6.45, 7) is 9.32. The summed E-state index contributed by atoms with van der Waals surface area (Å²) >= 11 is 0. The molecule has 1 aliphatic heterocycles. The van der Waals surface area contributed by atoms with Gasteiger partial charge in [-0.15, -0.1) is 0 Å². The minimum Gasteiger partial charge on any atom is -0.493 e. The topological polar surface area (TPSA) is 67.4 Å². The average molecular weight is 350 g/mol. The molecule has 1 saturated heterocycles. The van der Waals surface area contributed by atoms with Crippen molar-refractivity contribution in [1.82, 2.24) is 10.2 Å². The first kappa shape index (κ1) is 19.3. The van der Waals surface area contributed by atoms with Crippen molar-refractivity contribution in [3.63, 3.8) is 0 Å². The summed E-state index contributed by atoms with van der Waals surface area (Å²) in [4.78, 5) is 7.13. The number of ether oxygens (including phenoxy) is 3. The van der Waals surface area contributed by atoms with E-state index in [2.05, 4.69) is 29.4 Å². The van der Waals surface area contributed by atoms with Crippen molar-refractivity contribution in [2.45, 2.75) is 19.9 Å². The Hall–Kier alpha value is -1.99. The number of rotatable bonds is 7. The van der Waals surface area contributed by atoms with E-state index in [1.807, 2.05) is 18.2 Å². The highest BCUT2D eigenvalue weighted by molar-refractivity contribution is 5.93. The van der Waals surface area contributed by atoms with Crippen LogP contribution in [0.3, 0.4) is 0 Å². The van der Waals surface area contributed by atoms with Crippen LogP contribution in [0.5, 0.6) is 11.5 Å². The van der Waals surface area contributed by atoms with Crippen LogP contribution in [0.15, 0.2) is 23.2 Å². The number of nitrogens with zero attached hydrogens (tertiary/aromatic N) is 2. The van der Waals surface area contributed by atoms with Crippen LogP contribution in [0.1, 0.15) is 13.8 Å². The van der Waals surface area contributed by atoms with Crippen LogP contribution >= 0.6 is 0 Å². The zero-order chi connectivity index (χ0) is 18.1. The maximum absolute atomic E-state index is 5.41. The maximum atomic E-state index is 5.41. The number of guanidine groups is 1. The first-order valence-electron chi connectivity index (χ1n) is 8.77. The van der Waals surface area contributed by atoms with Gasteiger partial charge in [0.05, 0.1) is 34.0 Å². The van der Waals surface area contributed by atoms with Crippen molar-refractivity contribution in [2.24, 2.45) is 4.99 Å². The molecular weight excluding hydrogens is 320 g/mol. The Morgan fingerprint density at radius 3 is 2.60 bits per heavy atom. The van der Waals surface area contributed by atoms with Crippen LogP contribution in [-0.2, 0) is 4.74 Å². The van der Waals surface area contributed by atoms with Gasteiger partial charge in [-0.2, -0.15) is 0 Å². The molecule has 0 aromatic heterocycles. The number of hydrogen-bond acceptors (Lipinski definition) is 5. The van der Waals surface area contributed by atoms with E-state index >= 15 is 0 Å². The first-order chi connectivity index (χ1) is 12.2. The molecule has 1 aliphatic rings. The molecule has 1 aromatic rings.